The van der Waals surface area contributed by atoms with Gasteiger partial charge in [-0.2, -0.15) is 0 Å². The van der Waals surface area contributed by atoms with Crippen LogP contribution in [0, 0.1) is 5.41 Å². The lowest BCUT2D eigenvalue weighted by atomic mass is 9.68. The second-order valence-corrected chi connectivity index (χ2v) is 7.67. The summed E-state index contributed by atoms with van der Waals surface area (Å²) >= 11 is 0. The summed E-state index contributed by atoms with van der Waals surface area (Å²) in [4.78, 5) is 25.9. The normalized spacial score (nSPS) is 25.6. The number of carbonyl (C=O) groups excluding carboxylic acids is 2. The molecule has 148 valence electrons. The molecule has 1 aliphatic heterocycles. The summed E-state index contributed by atoms with van der Waals surface area (Å²) < 4.78 is 16.6. The third-order valence-corrected chi connectivity index (χ3v) is 5.41. The highest BCUT2D eigenvalue weighted by molar-refractivity contribution is 5.77. The van der Waals surface area contributed by atoms with E-state index in [0.29, 0.717) is 39.1 Å². The Balaban J connectivity index is 1.35. The zero-order valence-corrected chi connectivity index (χ0v) is 16.2. The molecular formula is C21H29NO5. The van der Waals surface area contributed by atoms with Crippen LogP contribution in [0.4, 0.5) is 4.79 Å². The third-order valence-electron chi connectivity index (χ3n) is 5.41. The fraction of sp³-hybridized carbons (Fsp3) is 0.619. The van der Waals surface area contributed by atoms with Gasteiger partial charge in [-0.25, -0.2) is 4.79 Å². The van der Waals surface area contributed by atoms with Crippen LogP contribution in [0.25, 0.3) is 0 Å². The van der Waals surface area contributed by atoms with E-state index in [4.69, 9.17) is 14.2 Å². The summed E-state index contributed by atoms with van der Waals surface area (Å²) in [5, 5.41) is 0. The van der Waals surface area contributed by atoms with E-state index in [1.807, 2.05) is 44.2 Å². The molecule has 0 radical (unpaired) electrons. The third kappa shape index (κ3) is 5.01. The molecule has 1 aliphatic carbocycles. The van der Waals surface area contributed by atoms with Gasteiger partial charge in [-0.05, 0) is 45.1 Å². The van der Waals surface area contributed by atoms with Gasteiger partial charge in [0.05, 0.1) is 24.2 Å². The van der Waals surface area contributed by atoms with Gasteiger partial charge in [0, 0.05) is 13.1 Å². The molecule has 1 heterocycles. The van der Waals surface area contributed by atoms with Gasteiger partial charge in [0.1, 0.15) is 6.61 Å². The molecule has 0 spiro atoms. The number of benzene rings is 1. The molecule has 6 heteroatoms. The van der Waals surface area contributed by atoms with Crippen molar-refractivity contribution in [2.24, 2.45) is 5.41 Å². The van der Waals surface area contributed by atoms with Gasteiger partial charge in [0.2, 0.25) is 0 Å². The summed E-state index contributed by atoms with van der Waals surface area (Å²) in [6, 6.07) is 9.68. The summed E-state index contributed by atoms with van der Waals surface area (Å²) in [5.74, 6) is -0.124. The largest absolute Gasteiger partial charge is 0.466 e. The quantitative estimate of drug-likeness (QED) is 0.712. The molecule has 1 amide bonds. The number of piperidine rings is 1. The zero-order valence-electron chi connectivity index (χ0n) is 16.2. The van der Waals surface area contributed by atoms with E-state index in [9.17, 15) is 9.59 Å². The predicted molar refractivity (Wildman–Crippen MR) is 100 cm³/mol. The molecule has 27 heavy (non-hydrogen) atoms. The molecule has 0 bridgehead atoms. The van der Waals surface area contributed by atoms with Gasteiger partial charge >= 0.3 is 12.1 Å². The predicted octanol–water partition coefficient (Wildman–Crippen LogP) is 3.54. The summed E-state index contributed by atoms with van der Waals surface area (Å²) in [5.41, 5.74) is 0.585. The summed E-state index contributed by atoms with van der Waals surface area (Å²) in [6.07, 6.45) is 3.01. The molecule has 0 N–H and O–H groups in total. The van der Waals surface area contributed by atoms with Crippen molar-refractivity contribution in [2.45, 2.75) is 58.3 Å². The minimum Gasteiger partial charge on any atom is -0.466 e. The Hall–Kier alpha value is -2.08. The van der Waals surface area contributed by atoms with Crippen LogP contribution in [-0.2, 0) is 25.6 Å². The summed E-state index contributed by atoms with van der Waals surface area (Å²) in [6.45, 7) is 5.76. The number of amides is 1. The van der Waals surface area contributed by atoms with Crippen molar-refractivity contribution < 1.29 is 23.8 Å². The number of ether oxygens (including phenoxy) is 3. The molecule has 1 saturated carbocycles. The van der Waals surface area contributed by atoms with E-state index >= 15 is 0 Å². The van der Waals surface area contributed by atoms with E-state index in [2.05, 4.69) is 0 Å². The standard InChI is InChI=1S/C21H29NO5/c1-3-25-19(23)21(2)13-18(14-21)27-17-9-11-22(12-10-17)20(24)26-15-16-7-5-4-6-8-16/h4-8,17-18H,3,9-15H2,1-2H3/t18-,21-. The first-order valence-corrected chi connectivity index (χ1v) is 9.78. The molecule has 3 rings (SSSR count). The van der Waals surface area contributed by atoms with Crippen LogP contribution in [0.5, 0.6) is 0 Å². The van der Waals surface area contributed by atoms with Gasteiger partial charge in [0.25, 0.3) is 0 Å². The second-order valence-electron chi connectivity index (χ2n) is 7.67. The van der Waals surface area contributed by atoms with E-state index < -0.39 is 5.41 Å². The molecule has 6 nitrogen and oxygen atoms in total. The maximum absolute atomic E-state index is 12.2. The Morgan fingerprint density at radius 3 is 2.37 bits per heavy atom. The van der Waals surface area contributed by atoms with Crippen LogP contribution in [0.15, 0.2) is 30.3 Å². The lowest BCUT2D eigenvalue weighted by Gasteiger charge is -2.44. The Kier molecular flexibility index (Phi) is 6.37. The average Bonchev–Trinajstić information content (AvgIpc) is 2.66. The van der Waals surface area contributed by atoms with Crippen molar-refractivity contribution in [1.29, 1.82) is 0 Å². The number of hydrogen-bond acceptors (Lipinski definition) is 5. The first-order valence-electron chi connectivity index (χ1n) is 9.78. The van der Waals surface area contributed by atoms with Gasteiger partial charge < -0.3 is 19.1 Å². The smallest absolute Gasteiger partial charge is 0.410 e. The topological polar surface area (TPSA) is 65.1 Å². The van der Waals surface area contributed by atoms with Gasteiger partial charge in [-0.15, -0.1) is 0 Å². The number of carbonyl (C=O) groups is 2. The Labute approximate surface area is 160 Å². The van der Waals surface area contributed by atoms with Gasteiger partial charge in [-0.1, -0.05) is 30.3 Å². The number of rotatable bonds is 6. The van der Waals surface area contributed by atoms with Crippen molar-refractivity contribution in [3.8, 4) is 0 Å². The number of nitrogens with zero attached hydrogens (tertiary/aromatic N) is 1. The fourth-order valence-corrected chi connectivity index (χ4v) is 3.77. The van der Waals surface area contributed by atoms with E-state index in [1.165, 1.54) is 0 Å². The van der Waals surface area contributed by atoms with Crippen LogP contribution in [0.2, 0.25) is 0 Å². The van der Waals surface area contributed by atoms with Crippen molar-refractivity contribution >= 4 is 12.1 Å². The lowest BCUT2D eigenvalue weighted by molar-refractivity contribution is -0.177. The SMILES string of the molecule is CCOC(=O)[C@]1(C)C[C@@H](OC2CCN(C(=O)OCc3ccccc3)CC2)C1. The van der Waals surface area contributed by atoms with Crippen molar-refractivity contribution in [3.05, 3.63) is 35.9 Å². The van der Waals surface area contributed by atoms with Gasteiger partial charge in [-0.3, -0.25) is 4.79 Å². The fourth-order valence-electron chi connectivity index (χ4n) is 3.77. The highest BCUT2D eigenvalue weighted by atomic mass is 16.6. The van der Waals surface area contributed by atoms with E-state index in [0.717, 1.165) is 18.4 Å². The Morgan fingerprint density at radius 2 is 1.74 bits per heavy atom. The second kappa shape index (κ2) is 8.74. The molecular weight excluding hydrogens is 346 g/mol. The highest BCUT2D eigenvalue weighted by Gasteiger charge is 2.48. The molecule has 1 saturated heterocycles. The van der Waals surface area contributed by atoms with Crippen LogP contribution < -0.4 is 0 Å². The highest BCUT2D eigenvalue weighted by Crippen LogP contribution is 2.44. The Morgan fingerprint density at radius 1 is 1.07 bits per heavy atom. The van der Waals surface area contributed by atoms with Crippen LogP contribution in [0.1, 0.15) is 45.1 Å². The number of esters is 1. The number of hydrogen-bond donors (Lipinski definition) is 0. The van der Waals surface area contributed by atoms with Crippen molar-refractivity contribution in [1.82, 2.24) is 4.90 Å². The molecule has 0 unspecified atom stereocenters. The minimum absolute atomic E-state index is 0.112. The first kappa shape index (κ1) is 19.7. The maximum atomic E-state index is 12.2. The Bertz CT molecular complexity index is 633. The molecule has 1 aromatic carbocycles. The average molecular weight is 375 g/mol. The van der Waals surface area contributed by atoms with Crippen LogP contribution >= 0.6 is 0 Å². The van der Waals surface area contributed by atoms with Crippen LogP contribution in [0.3, 0.4) is 0 Å². The van der Waals surface area contributed by atoms with Crippen LogP contribution in [-0.4, -0.2) is 48.9 Å². The molecule has 0 aromatic heterocycles. The monoisotopic (exact) mass is 375 g/mol. The molecule has 2 fully saturated rings. The van der Waals surface area contributed by atoms with E-state index in [-0.39, 0.29) is 24.3 Å². The number of likely N-dealkylation sites (tertiary alicyclic amines) is 1. The van der Waals surface area contributed by atoms with E-state index in [1.54, 1.807) is 4.90 Å². The first-order chi connectivity index (χ1) is 13.0. The van der Waals surface area contributed by atoms with Crippen molar-refractivity contribution in [3.63, 3.8) is 0 Å². The molecule has 2 aliphatic rings. The molecule has 0 atom stereocenters. The lowest BCUT2D eigenvalue weighted by Crippen LogP contribution is -2.49. The molecule has 1 aromatic rings. The van der Waals surface area contributed by atoms with Gasteiger partial charge in [0.15, 0.2) is 0 Å². The maximum Gasteiger partial charge on any atom is 0.410 e. The summed E-state index contributed by atoms with van der Waals surface area (Å²) in [7, 11) is 0. The van der Waals surface area contributed by atoms with Crippen molar-refractivity contribution in [2.75, 3.05) is 19.7 Å². The minimum atomic E-state index is -0.400. The zero-order chi connectivity index (χ0) is 19.3.